The van der Waals surface area contributed by atoms with Gasteiger partial charge in [0.1, 0.15) is 19.3 Å². The summed E-state index contributed by atoms with van der Waals surface area (Å²) in [4.78, 5) is 73.2. The van der Waals surface area contributed by atoms with E-state index in [0.29, 0.717) is 25.7 Å². The molecule has 0 saturated heterocycles. The zero-order valence-corrected chi connectivity index (χ0v) is 73.3. The van der Waals surface area contributed by atoms with Gasteiger partial charge in [0.2, 0.25) is 0 Å². The molecule has 0 aliphatic rings. The maximum absolute atomic E-state index is 13.2. The molecule has 0 radical (unpaired) electrons. The zero-order valence-electron chi connectivity index (χ0n) is 71.5. The topological polar surface area (TPSA) is 237 Å². The van der Waals surface area contributed by atoms with Crippen LogP contribution in [0.4, 0.5) is 0 Å². The SMILES string of the molecule is CCCCCCCCCCCCCCCCCCCCCCCCC(=O)O[C@H](COC(=O)CCCCCCCCCCCCCCCCCCCCCCC)COP(=O)(O)OC[C@@H](O)COP(=O)(O)OC[C@@H](COC(=O)CCCCCCCCCC)OC(=O)CCCCCCCCCCCCCCCCCCCC. The predicted octanol–water partition coefficient (Wildman–Crippen LogP) is 28.1. The predicted molar refractivity (Wildman–Crippen MR) is 451 cm³/mol. The van der Waals surface area contributed by atoms with Gasteiger partial charge in [0.05, 0.1) is 26.4 Å². The summed E-state index contributed by atoms with van der Waals surface area (Å²) in [6.07, 6.45) is 80.9. The van der Waals surface area contributed by atoms with Gasteiger partial charge in [-0.05, 0) is 25.7 Å². The number of carbonyl (C=O) groups excluding carboxylic acids is 4. The van der Waals surface area contributed by atoms with Gasteiger partial charge >= 0.3 is 39.5 Å². The number of aliphatic hydroxyl groups excluding tert-OH is 1. The highest BCUT2D eigenvalue weighted by Gasteiger charge is 2.30. The molecule has 0 aromatic heterocycles. The van der Waals surface area contributed by atoms with E-state index in [1.54, 1.807) is 0 Å². The molecule has 0 aliphatic heterocycles. The molecule has 0 aromatic carbocycles. The summed E-state index contributed by atoms with van der Waals surface area (Å²) in [5.41, 5.74) is 0. The molecule has 0 aromatic rings. The summed E-state index contributed by atoms with van der Waals surface area (Å²) in [7, 11) is -9.93. The van der Waals surface area contributed by atoms with E-state index in [-0.39, 0.29) is 25.7 Å². The number of phosphoric acid groups is 2. The molecule has 19 heteroatoms. The van der Waals surface area contributed by atoms with Crippen molar-refractivity contribution in [2.75, 3.05) is 39.6 Å². The van der Waals surface area contributed by atoms with Crippen LogP contribution in [0.25, 0.3) is 0 Å². The lowest BCUT2D eigenvalue weighted by molar-refractivity contribution is -0.161. The lowest BCUT2D eigenvalue weighted by atomic mass is 10.0. The first-order valence-corrected chi connectivity index (χ1v) is 49.8. The van der Waals surface area contributed by atoms with E-state index in [2.05, 4.69) is 27.7 Å². The Morgan fingerprint density at radius 1 is 0.220 bits per heavy atom. The highest BCUT2D eigenvalue weighted by atomic mass is 31.2. The molecule has 0 fully saturated rings. The number of aliphatic hydroxyl groups is 1. The number of hydrogen-bond donors (Lipinski definition) is 3. The molecule has 0 rings (SSSR count). The molecule has 0 amide bonds. The van der Waals surface area contributed by atoms with E-state index in [9.17, 15) is 43.2 Å². The molecule has 5 atom stereocenters. The molecular weight excluding hydrogens is 1410 g/mol. The smallest absolute Gasteiger partial charge is 0.462 e. The van der Waals surface area contributed by atoms with Gasteiger partial charge in [0, 0.05) is 25.7 Å². The molecule has 0 aliphatic carbocycles. The zero-order chi connectivity index (χ0) is 79.6. The minimum absolute atomic E-state index is 0.109. The van der Waals surface area contributed by atoms with Gasteiger partial charge in [-0.1, -0.05) is 445 Å². The van der Waals surface area contributed by atoms with Crippen LogP contribution in [0, 0.1) is 0 Å². The third-order valence-electron chi connectivity index (χ3n) is 21.4. The first-order chi connectivity index (χ1) is 53.2. The normalized spacial score (nSPS) is 13.6. The summed E-state index contributed by atoms with van der Waals surface area (Å²) in [6.45, 7) is 5.05. The van der Waals surface area contributed by atoms with Crippen LogP contribution in [-0.2, 0) is 65.4 Å². The third kappa shape index (κ3) is 83.8. The van der Waals surface area contributed by atoms with Crippen LogP contribution in [0.3, 0.4) is 0 Å². The monoisotopic (exact) mass is 1590 g/mol. The second-order valence-electron chi connectivity index (χ2n) is 32.3. The van der Waals surface area contributed by atoms with Gasteiger partial charge < -0.3 is 33.8 Å². The molecular formula is C90H176O17P2. The quantitative estimate of drug-likeness (QED) is 0.0222. The van der Waals surface area contributed by atoms with E-state index in [1.807, 2.05) is 0 Å². The minimum atomic E-state index is -4.97. The number of ether oxygens (including phenoxy) is 4. The first kappa shape index (κ1) is 107. The summed E-state index contributed by atoms with van der Waals surface area (Å²) < 4.78 is 68.9. The van der Waals surface area contributed by atoms with Gasteiger partial charge in [0.25, 0.3) is 0 Å². The Kier molecular flexibility index (Phi) is 82.5. The number of unbranched alkanes of at least 4 members (excludes halogenated alkanes) is 65. The fourth-order valence-corrected chi connectivity index (χ4v) is 15.8. The van der Waals surface area contributed by atoms with Crippen LogP contribution in [0.1, 0.15) is 496 Å². The lowest BCUT2D eigenvalue weighted by Crippen LogP contribution is -2.30. The fourth-order valence-electron chi connectivity index (χ4n) is 14.2. The van der Waals surface area contributed by atoms with E-state index in [0.717, 1.165) is 89.9 Å². The number of rotatable bonds is 91. The fraction of sp³-hybridized carbons (Fsp3) is 0.956. The third-order valence-corrected chi connectivity index (χ3v) is 23.3. The second kappa shape index (κ2) is 84.0. The highest BCUT2D eigenvalue weighted by Crippen LogP contribution is 2.45. The van der Waals surface area contributed by atoms with Crippen LogP contribution in [0.5, 0.6) is 0 Å². The lowest BCUT2D eigenvalue weighted by Gasteiger charge is -2.21. The van der Waals surface area contributed by atoms with Crippen molar-refractivity contribution >= 4 is 39.5 Å². The summed E-state index contributed by atoms with van der Waals surface area (Å²) >= 11 is 0. The van der Waals surface area contributed by atoms with Crippen molar-refractivity contribution in [3.8, 4) is 0 Å². The minimum Gasteiger partial charge on any atom is -0.462 e. The van der Waals surface area contributed by atoms with Crippen LogP contribution in [0.15, 0.2) is 0 Å². The molecule has 0 spiro atoms. The molecule has 109 heavy (non-hydrogen) atoms. The Morgan fingerprint density at radius 3 is 0.541 bits per heavy atom. The summed E-state index contributed by atoms with van der Waals surface area (Å²) in [5.74, 6) is -2.10. The Morgan fingerprint density at radius 2 is 0.367 bits per heavy atom. The number of carbonyl (C=O) groups is 4. The van der Waals surface area contributed by atoms with Crippen LogP contribution < -0.4 is 0 Å². The van der Waals surface area contributed by atoms with E-state index in [1.165, 1.54) is 327 Å². The number of esters is 4. The molecule has 0 heterocycles. The molecule has 648 valence electrons. The van der Waals surface area contributed by atoms with Crippen molar-refractivity contribution in [2.45, 2.75) is 515 Å². The molecule has 0 bridgehead atoms. The molecule has 0 saturated carbocycles. The van der Waals surface area contributed by atoms with Crippen molar-refractivity contribution in [3.05, 3.63) is 0 Å². The Balaban J connectivity index is 5.16. The number of hydrogen-bond acceptors (Lipinski definition) is 15. The van der Waals surface area contributed by atoms with Crippen LogP contribution in [-0.4, -0.2) is 96.7 Å². The van der Waals surface area contributed by atoms with E-state index >= 15 is 0 Å². The van der Waals surface area contributed by atoms with Gasteiger partial charge in [-0.25, -0.2) is 9.13 Å². The number of phosphoric ester groups is 2. The van der Waals surface area contributed by atoms with Gasteiger partial charge in [-0.3, -0.25) is 37.3 Å². The van der Waals surface area contributed by atoms with E-state index < -0.39 is 97.5 Å². The van der Waals surface area contributed by atoms with Gasteiger partial charge in [-0.15, -0.1) is 0 Å². The van der Waals surface area contributed by atoms with Crippen molar-refractivity contribution in [1.82, 2.24) is 0 Å². The standard InChI is InChI=1S/C90H176O17P2/c1-5-9-13-17-21-25-28-31-34-37-40-42-44-46-49-52-55-58-61-65-69-73-77-90(95)107-86(81-101-88(93)75-71-67-63-59-56-53-50-48-45-43-41-38-35-32-29-26-22-18-14-10-6-2)83-105-109(98,99)103-79-84(91)78-102-108(96,97)104-82-85(80-100-87(92)74-70-66-62-24-20-16-12-8-4)106-89(94)76-72-68-64-60-57-54-51-47-39-36-33-30-27-23-19-15-11-7-3/h84-86,91H,5-83H2,1-4H3,(H,96,97)(H,98,99)/t84-,85+,86+/m0/s1. The summed E-state index contributed by atoms with van der Waals surface area (Å²) in [5, 5.41) is 10.7. The van der Waals surface area contributed by atoms with Gasteiger partial charge in [-0.2, -0.15) is 0 Å². The van der Waals surface area contributed by atoms with Crippen molar-refractivity contribution in [3.63, 3.8) is 0 Å². The van der Waals surface area contributed by atoms with Crippen molar-refractivity contribution in [1.29, 1.82) is 0 Å². The maximum Gasteiger partial charge on any atom is 0.472 e. The Labute approximate surface area is 670 Å². The largest absolute Gasteiger partial charge is 0.472 e. The molecule has 3 N–H and O–H groups in total. The van der Waals surface area contributed by atoms with Crippen LogP contribution >= 0.6 is 15.6 Å². The molecule has 17 nitrogen and oxygen atoms in total. The Hall–Kier alpha value is -1.94. The van der Waals surface area contributed by atoms with Gasteiger partial charge in [0.15, 0.2) is 12.2 Å². The average Bonchev–Trinajstić information content (AvgIpc) is 0.901. The second-order valence-corrected chi connectivity index (χ2v) is 35.3. The first-order valence-electron chi connectivity index (χ1n) is 46.8. The van der Waals surface area contributed by atoms with Crippen LogP contribution in [0.2, 0.25) is 0 Å². The summed E-state index contributed by atoms with van der Waals surface area (Å²) in [6, 6.07) is 0. The van der Waals surface area contributed by atoms with Crippen molar-refractivity contribution < 1.29 is 80.2 Å². The Bertz CT molecular complexity index is 2050. The molecule has 2 unspecified atom stereocenters. The average molecular weight is 1590 g/mol. The highest BCUT2D eigenvalue weighted by molar-refractivity contribution is 7.47. The van der Waals surface area contributed by atoms with Crippen molar-refractivity contribution in [2.24, 2.45) is 0 Å². The van der Waals surface area contributed by atoms with E-state index in [4.69, 9.17) is 37.0 Å². The maximum atomic E-state index is 13.2.